The van der Waals surface area contributed by atoms with Crippen LogP contribution in [-0.2, 0) is 6.54 Å². The van der Waals surface area contributed by atoms with E-state index in [-0.39, 0.29) is 11.9 Å². The molecule has 30 heavy (non-hydrogen) atoms. The van der Waals surface area contributed by atoms with Crippen LogP contribution in [0.3, 0.4) is 0 Å². The van der Waals surface area contributed by atoms with Crippen LogP contribution >= 0.6 is 0 Å². The molecule has 5 heteroatoms. The lowest BCUT2D eigenvalue weighted by molar-refractivity contribution is 0.101. The molecule has 1 aliphatic carbocycles. The molecule has 2 aromatic rings. The second kappa shape index (κ2) is 11.0. The maximum atomic E-state index is 11.7. The molecule has 0 spiro atoms. The van der Waals surface area contributed by atoms with Crippen LogP contribution in [0.2, 0.25) is 0 Å². The van der Waals surface area contributed by atoms with Crippen molar-refractivity contribution in [3.63, 3.8) is 0 Å². The highest BCUT2D eigenvalue weighted by molar-refractivity contribution is 5.94. The van der Waals surface area contributed by atoms with E-state index in [4.69, 9.17) is 14.2 Å². The first-order chi connectivity index (χ1) is 14.5. The lowest BCUT2D eigenvalue weighted by atomic mass is 10.1. The molecule has 1 saturated carbocycles. The Bertz CT molecular complexity index is 828. The summed E-state index contributed by atoms with van der Waals surface area (Å²) in [5.41, 5.74) is 1.81. The second-order valence-corrected chi connectivity index (χ2v) is 8.08. The van der Waals surface area contributed by atoms with Crippen molar-refractivity contribution in [2.75, 3.05) is 13.2 Å². The zero-order chi connectivity index (χ0) is 21.3. The Hall–Kier alpha value is -2.53. The first-order valence-corrected chi connectivity index (χ1v) is 10.9. The molecule has 0 radical (unpaired) electrons. The molecule has 0 amide bonds. The zero-order valence-electron chi connectivity index (χ0n) is 18.3. The number of carbonyl (C=O) groups excluding carboxylic acids is 1. The minimum absolute atomic E-state index is 0.00813. The van der Waals surface area contributed by atoms with Crippen molar-refractivity contribution in [1.29, 1.82) is 0 Å². The van der Waals surface area contributed by atoms with E-state index in [0.29, 0.717) is 36.3 Å². The van der Waals surface area contributed by atoms with E-state index < -0.39 is 0 Å². The predicted octanol–water partition coefficient (Wildman–Crippen LogP) is 5.17. The quantitative estimate of drug-likeness (QED) is 0.408. The Kier molecular flexibility index (Phi) is 8.14. The Morgan fingerprint density at radius 2 is 1.90 bits per heavy atom. The summed E-state index contributed by atoms with van der Waals surface area (Å²) in [6.45, 7) is 7.39. The molecular formula is C25H33NO4. The minimum Gasteiger partial charge on any atom is -0.490 e. The zero-order valence-corrected chi connectivity index (χ0v) is 18.3. The van der Waals surface area contributed by atoms with Crippen LogP contribution in [-0.4, -0.2) is 31.1 Å². The van der Waals surface area contributed by atoms with Gasteiger partial charge in [0.05, 0.1) is 12.2 Å². The molecule has 5 nitrogen and oxygen atoms in total. The smallest absolute Gasteiger partial charge is 0.161 e. The second-order valence-electron chi connectivity index (χ2n) is 8.08. The number of benzene rings is 2. The van der Waals surface area contributed by atoms with E-state index in [1.807, 2.05) is 26.0 Å². The van der Waals surface area contributed by atoms with Gasteiger partial charge in [-0.2, -0.15) is 0 Å². The average molecular weight is 412 g/mol. The summed E-state index contributed by atoms with van der Waals surface area (Å²) in [6, 6.07) is 13.6. The number of ether oxygens (including phenoxy) is 3. The van der Waals surface area contributed by atoms with Crippen LogP contribution < -0.4 is 19.5 Å². The van der Waals surface area contributed by atoms with Crippen molar-refractivity contribution in [3.8, 4) is 17.2 Å². The van der Waals surface area contributed by atoms with Crippen molar-refractivity contribution >= 4 is 5.78 Å². The third-order valence-corrected chi connectivity index (χ3v) is 5.08. The Morgan fingerprint density at radius 3 is 2.63 bits per heavy atom. The number of nitrogens with one attached hydrogen (secondary N) is 1. The number of hydrogen-bond donors (Lipinski definition) is 1. The van der Waals surface area contributed by atoms with Gasteiger partial charge < -0.3 is 19.5 Å². The van der Waals surface area contributed by atoms with Gasteiger partial charge >= 0.3 is 0 Å². The molecule has 1 fully saturated rings. The molecule has 0 aromatic heterocycles. The van der Waals surface area contributed by atoms with Crippen LogP contribution in [0.5, 0.6) is 17.2 Å². The Labute approximate surface area is 179 Å². The fourth-order valence-corrected chi connectivity index (χ4v) is 3.58. The number of Topliss-reactive ketones (excluding diaryl/α,β-unsaturated/α-hetero) is 1. The van der Waals surface area contributed by atoms with Gasteiger partial charge in [0.25, 0.3) is 0 Å². The number of ketones is 1. The van der Waals surface area contributed by atoms with E-state index in [2.05, 4.69) is 17.4 Å². The van der Waals surface area contributed by atoms with Crippen molar-refractivity contribution in [3.05, 3.63) is 53.6 Å². The highest BCUT2D eigenvalue weighted by Gasteiger charge is 2.16. The molecule has 0 heterocycles. The van der Waals surface area contributed by atoms with E-state index in [9.17, 15) is 4.79 Å². The van der Waals surface area contributed by atoms with Crippen molar-refractivity contribution in [2.24, 2.45) is 0 Å². The van der Waals surface area contributed by atoms with E-state index in [0.717, 1.165) is 25.1 Å². The van der Waals surface area contributed by atoms with Crippen LogP contribution in [0.4, 0.5) is 0 Å². The van der Waals surface area contributed by atoms with E-state index in [1.165, 1.54) is 18.4 Å². The number of hydrogen-bond acceptors (Lipinski definition) is 5. The average Bonchev–Trinajstić information content (AvgIpc) is 3.21. The van der Waals surface area contributed by atoms with E-state index >= 15 is 0 Å². The van der Waals surface area contributed by atoms with Crippen molar-refractivity contribution < 1.29 is 19.0 Å². The molecule has 0 aliphatic heterocycles. The number of carbonyl (C=O) groups is 1. The van der Waals surface area contributed by atoms with Crippen LogP contribution in [0, 0.1) is 0 Å². The minimum atomic E-state index is 0.00813. The van der Waals surface area contributed by atoms with Gasteiger partial charge in [0.2, 0.25) is 0 Å². The summed E-state index contributed by atoms with van der Waals surface area (Å²) in [4.78, 5) is 11.7. The van der Waals surface area contributed by atoms with Gasteiger partial charge in [-0.25, -0.2) is 0 Å². The molecule has 0 unspecified atom stereocenters. The molecule has 1 aliphatic rings. The third-order valence-electron chi connectivity index (χ3n) is 5.08. The SMILES string of the molecule is CC(=O)c1ccc(OC(C)C)c(OCCNCc2cccc(OC3CCCC3)c2)c1. The van der Waals surface area contributed by atoms with Crippen molar-refractivity contribution in [2.45, 2.75) is 65.2 Å². The summed E-state index contributed by atoms with van der Waals surface area (Å²) in [7, 11) is 0. The topological polar surface area (TPSA) is 56.8 Å². The maximum Gasteiger partial charge on any atom is 0.161 e. The molecule has 0 bridgehead atoms. The van der Waals surface area contributed by atoms with Crippen LogP contribution in [0.1, 0.15) is 62.4 Å². The van der Waals surface area contributed by atoms with Crippen molar-refractivity contribution in [1.82, 2.24) is 5.32 Å². The van der Waals surface area contributed by atoms with Gasteiger partial charge in [0, 0.05) is 18.7 Å². The summed E-state index contributed by atoms with van der Waals surface area (Å²) in [5.74, 6) is 2.22. The summed E-state index contributed by atoms with van der Waals surface area (Å²) in [5, 5.41) is 3.40. The fraction of sp³-hybridized carbons (Fsp3) is 0.480. The van der Waals surface area contributed by atoms with Gasteiger partial charge in [-0.1, -0.05) is 12.1 Å². The first-order valence-electron chi connectivity index (χ1n) is 10.9. The lowest BCUT2D eigenvalue weighted by Gasteiger charge is -2.16. The maximum absolute atomic E-state index is 11.7. The lowest BCUT2D eigenvalue weighted by Crippen LogP contribution is -2.21. The monoisotopic (exact) mass is 411 g/mol. The Balaban J connectivity index is 1.48. The van der Waals surface area contributed by atoms with Gasteiger partial charge in [0.15, 0.2) is 17.3 Å². The molecular weight excluding hydrogens is 378 g/mol. The summed E-state index contributed by atoms with van der Waals surface area (Å²) < 4.78 is 17.8. The van der Waals surface area contributed by atoms with Crippen LogP contribution in [0.25, 0.3) is 0 Å². The van der Waals surface area contributed by atoms with Gasteiger partial charge in [-0.05, 0) is 82.3 Å². The highest BCUT2D eigenvalue weighted by atomic mass is 16.5. The van der Waals surface area contributed by atoms with Gasteiger partial charge in [-0.3, -0.25) is 4.79 Å². The molecule has 2 aromatic carbocycles. The first kappa shape index (κ1) is 22.2. The molecule has 162 valence electrons. The van der Waals surface area contributed by atoms with E-state index in [1.54, 1.807) is 25.1 Å². The molecule has 0 atom stereocenters. The van der Waals surface area contributed by atoms with Gasteiger partial charge in [-0.15, -0.1) is 0 Å². The standard InChI is InChI=1S/C25H33NO4/c1-18(2)29-24-12-11-21(19(3)27)16-25(24)28-14-13-26-17-20-7-6-10-23(15-20)30-22-8-4-5-9-22/h6-7,10-12,15-16,18,22,26H,4-5,8-9,13-14,17H2,1-3H3. The number of rotatable bonds is 11. The summed E-state index contributed by atoms with van der Waals surface area (Å²) >= 11 is 0. The summed E-state index contributed by atoms with van der Waals surface area (Å²) in [6.07, 6.45) is 5.26. The third kappa shape index (κ3) is 6.77. The molecule has 0 saturated heterocycles. The molecule has 1 N–H and O–H groups in total. The fourth-order valence-electron chi connectivity index (χ4n) is 3.58. The largest absolute Gasteiger partial charge is 0.490 e. The normalized spacial score (nSPS) is 14.1. The molecule has 3 rings (SSSR count). The Morgan fingerprint density at radius 1 is 1.10 bits per heavy atom. The highest BCUT2D eigenvalue weighted by Crippen LogP contribution is 2.29. The van der Waals surface area contributed by atoms with Gasteiger partial charge in [0.1, 0.15) is 12.4 Å². The van der Waals surface area contributed by atoms with Crippen LogP contribution in [0.15, 0.2) is 42.5 Å². The predicted molar refractivity (Wildman–Crippen MR) is 119 cm³/mol.